The smallest absolute Gasteiger partial charge is 0.381 e. The monoisotopic (exact) mass is 435 g/mol. The number of hydrogen-bond acceptors (Lipinski definition) is 1. The number of hydrogen-bond donors (Lipinski definition) is 0. The number of rotatable bonds is 1. The Morgan fingerprint density at radius 1 is 0.650 bits per heavy atom. The summed E-state index contributed by atoms with van der Waals surface area (Å²) in [5.41, 5.74) is 0. The second-order valence-corrected chi connectivity index (χ2v) is 5.71. The van der Waals surface area contributed by atoms with Crippen molar-refractivity contribution in [3.63, 3.8) is 0 Å². The van der Waals surface area contributed by atoms with E-state index < -0.39 is 0 Å². The molecule has 3 aliphatic rings. The van der Waals surface area contributed by atoms with Crippen LogP contribution in [0.5, 0.6) is 0 Å². The van der Waals surface area contributed by atoms with Crippen LogP contribution in [0.1, 0.15) is 96.8 Å². The molecule has 2 saturated carbocycles. The fourth-order valence-electron chi connectivity index (χ4n) is 2.28. The molecule has 0 aromatic heterocycles. The van der Waals surface area contributed by atoms with Gasteiger partial charge in [0, 0.05) is 13.2 Å². The predicted octanol–water partition coefficient (Wildman–Crippen LogP) is 6.32. The van der Waals surface area contributed by atoms with E-state index in [4.69, 9.17) is 4.74 Å². The normalized spacial score (nSPS) is 19.5. The van der Waals surface area contributed by atoms with Crippen molar-refractivity contribution in [3.8, 4) is 0 Å². The summed E-state index contributed by atoms with van der Waals surface area (Å²) in [5, 5.41) is 0. The maximum absolute atomic E-state index is 4.94. The molecule has 125 valence electrons. The van der Waals surface area contributed by atoms with Crippen LogP contribution in [0.3, 0.4) is 0 Å². The van der Waals surface area contributed by atoms with Crippen LogP contribution in [0.15, 0.2) is 0 Å². The van der Waals surface area contributed by atoms with Gasteiger partial charge in [0.25, 0.3) is 0 Å². The Bertz CT molecular complexity index is 89.8. The van der Waals surface area contributed by atoms with Crippen LogP contribution in [0, 0.1) is 44.2 Å². The van der Waals surface area contributed by atoms with E-state index in [9.17, 15) is 0 Å². The molecule has 0 aromatic carbocycles. The van der Waals surface area contributed by atoms with E-state index in [0.29, 0.717) is 0 Å². The first kappa shape index (κ1) is 23.5. The van der Waals surface area contributed by atoms with Gasteiger partial charge in [-0.2, -0.15) is 6.42 Å². The fraction of sp³-hybridized carbons (Fsp3) is 0.944. The van der Waals surface area contributed by atoms with E-state index in [2.05, 4.69) is 13.8 Å². The molecule has 0 N–H and O–H groups in total. The van der Waals surface area contributed by atoms with Crippen molar-refractivity contribution in [1.29, 1.82) is 0 Å². The number of unbranched alkanes of at least 4 members (excludes halogenated alkanes) is 1. The molecule has 0 amide bonds. The average molecular weight is 437 g/mol. The summed E-state index contributed by atoms with van der Waals surface area (Å²) in [6, 6.07) is 0. The van der Waals surface area contributed by atoms with Gasteiger partial charge in [-0.25, -0.2) is 0 Å². The first-order valence-corrected chi connectivity index (χ1v) is 8.78. The zero-order valence-electron chi connectivity index (χ0n) is 13.7. The van der Waals surface area contributed by atoms with Crippen molar-refractivity contribution in [3.05, 3.63) is 6.92 Å². The summed E-state index contributed by atoms with van der Waals surface area (Å²) in [6.45, 7) is 7.72. The van der Waals surface area contributed by atoms with Crippen LogP contribution in [0.25, 0.3) is 0 Å². The molecule has 20 heavy (non-hydrogen) atoms. The molecule has 1 aliphatic heterocycles. The minimum absolute atomic E-state index is 0. The van der Waals surface area contributed by atoms with Crippen molar-refractivity contribution >= 4 is 0 Å². The van der Waals surface area contributed by atoms with Gasteiger partial charge in [-0.05, 0) is 12.8 Å². The molecular formula is C18H37ErO+2. The first-order valence-electron chi connectivity index (χ1n) is 8.78. The SMILES string of the molecule is C1CCCC1.C1CCCC1.C1CCOC1.[CH2-]CCC.[Er+3]. The second-order valence-electron chi connectivity index (χ2n) is 5.71. The Balaban J connectivity index is 0. The topological polar surface area (TPSA) is 9.23 Å². The molecule has 0 spiro atoms. The molecule has 1 heterocycles. The third-order valence-corrected chi connectivity index (χ3v) is 3.68. The molecule has 1 saturated heterocycles. The third-order valence-electron chi connectivity index (χ3n) is 3.68. The first-order chi connectivity index (χ1) is 9.41. The number of ether oxygens (including phenoxy) is 1. The molecule has 1 nitrogen and oxygen atoms in total. The molecule has 2 heteroatoms. The van der Waals surface area contributed by atoms with Crippen molar-refractivity contribution in [2.75, 3.05) is 13.2 Å². The predicted molar refractivity (Wildman–Crippen MR) is 86.5 cm³/mol. The molecular weight excluding hydrogens is 399 g/mol. The van der Waals surface area contributed by atoms with Gasteiger partial charge in [-0.3, -0.25) is 0 Å². The second kappa shape index (κ2) is 22.5. The zero-order chi connectivity index (χ0) is 14.0. The quantitative estimate of drug-likeness (QED) is 0.437. The minimum Gasteiger partial charge on any atom is -0.381 e. The molecule has 1 radical (unpaired) electrons. The Kier molecular flexibility index (Phi) is 26.4. The van der Waals surface area contributed by atoms with Gasteiger partial charge in [0.1, 0.15) is 0 Å². The zero-order valence-corrected chi connectivity index (χ0v) is 15.6. The van der Waals surface area contributed by atoms with Gasteiger partial charge >= 0.3 is 37.3 Å². The summed E-state index contributed by atoms with van der Waals surface area (Å²) < 4.78 is 4.94. The van der Waals surface area contributed by atoms with E-state index in [-0.39, 0.29) is 37.3 Å². The van der Waals surface area contributed by atoms with Crippen molar-refractivity contribution in [2.45, 2.75) is 96.8 Å². The summed E-state index contributed by atoms with van der Waals surface area (Å²) in [7, 11) is 0. The molecule has 3 rings (SSSR count). The molecule has 2 aliphatic carbocycles. The average Bonchev–Trinajstić information content (AvgIpc) is 3.28. The van der Waals surface area contributed by atoms with Crippen molar-refractivity contribution < 1.29 is 42.0 Å². The Labute approximate surface area is 158 Å². The summed E-state index contributed by atoms with van der Waals surface area (Å²) in [6.07, 6.45) is 19.8. The standard InChI is InChI=1S/2C5H10.C4H8O.C4H9.Er/c3*1-2-4-5-3-1;1-3-4-2;/h2*1-5H2;1-4H2;1,3-4H2,2H3;/q;;;-1;+3. The van der Waals surface area contributed by atoms with Gasteiger partial charge in [-0.1, -0.05) is 77.6 Å². The van der Waals surface area contributed by atoms with Crippen LogP contribution in [-0.4, -0.2) is 13.2 Å². The molecule has 0 atom stereocenters. The largest absolute Gasteiger partial charge is 3.00 e. The molecule has 3 fully saturated rings. The van der Waals surface area contributed by atoms with Crippen LogP contribution in [0.4, 0.5) is 0 Å². The van der Waals surface area contributed by atoms with E-state index in [0.717, 1.165) is 19.6 Å². The van der Waals surface area contributed by atoms with E-state index in [1.165, 1.54) is 83.5 Å². The molecule has 0 unspecified atom stereocenters. The minimum atomic E-state index is 0. The van der Waals surface area contributed by atoms with Gasteiger partial charge in [0.05, 0.1) is 0 Å². The van der Waals surface area contributed by atoms with Crippen LogP contribution >= 0.6 is 0 Å². The summed E-state index contributed by atoms with van der Waals surface area (Å²) in [5.74, 6) is 0. The van der Waals surface area contributed by atoms with Gasteiger partial charge < -0.3 is 11.7 Å². The Morgan fingerprint density at radius 2 is 0.900 bits per heavy atom. The van der Waals surface area contributed by atoms with E-state index in [1.54, 1.807) is 0 Å². The van der Waals surface area contributed by atoms with Gasteiger partial charge in [0.15, 0.2) is 0 Å². The van der Waals surface area contributed by atoms with E-state index in [1.807, 2.05) is 0 Å². The van der Waals surface area contributed by atoms with Gasteiger partial charge in [0.2, 0.25) is 0 Å². The maximum Gasteiger partial charge on any atom is 3.00 e. The van der Waals surface area contributed by atoms with Crippen LogP contribution < -0.4 is 0 Å². The van der Waals surface area contributed by atoms with Crippen molar-refractivity contribution in [2.24, 2.45) is 0 Å². The Hall–Kier alpha value is 1.21. The summed E-state index contributed by atoms with van der Waals surface area (Å²) >= 11 is 0. The van der Waals surface area contributed by atoms with Crippen LogP contribution in [-0.2, 0) is 4.74 Å². The van der Waals surface area contributed by atoms with Gasteiger partial charge in [-0.15, -0.1) is 0 Å². The van der Waals surface area contributed by atoms with Crippen LogP contribution in [0.2, 0.25) is 0 Å². The Morgan fingerprint density at radius 3 is 1.00 bits per heavy atom. The fourth-order valence-corrected chi connectivity index (χ4v) is 2.28. The molecule has 0 aromatic rings. The van der Waals surface area contributed by atoms with Crippen molar-refractivity contribution in [1.82, 2.24) is 0 Å². The third kappa shape index (κ3) is 21.5. The van der Waals surface area contributed by atoms with E-state index >= 15 is 0 Å². The maximum atomic E-state index is 4.94. The summed E-state index contributed by atoms with van der Waals surface area (Å²) in [4.78, 5) is 0. The molecule has 0 bridgehead atoms.